The highest BCUT2D eigenvalue weighted by molar-refractivity contribution is 4.97. The van der Waals surface area contributed by atoms with E-state index in [1.165, 1.54) is 0 Å². The van der Waals surface area contributed by atoms with Gasteiger partial charge in [0.1, 0.15) is 0 Å². The van der Waals surface area contributed by atoms with Crippen molar-refractivity contribution in [1.29, 1.82) is 0 Å². The predicted molar refractivity (Wildman–Crippen MR) is 97.8 cm³/mol. The first-order chi connectivity index (χ1) is 12.9. The Morgan fingerprint density at radius 2 is 0.889 bits per heavy atom. The van der Waals surface area contributed by atoms with Crippen molar-refractivity contribution in [2.45, 2.75) is 62.3 Å². The highest BCUT2D eigenvalue weighted by atomic mass is 16.5. The van der Waals surface area contributed by atoms with Gasteiger partial charge >= 0.3 is 0 Å². The molecule has 0 aromatic carbocycles. The summed E-state index contributed by atoms with van der Waals surface area (Å²) in [7, 11) is 0. The minimum atomic E-state index is -1.04. The van der Waals surface area contributed by atoms with Gasteiger partial charge < -0.3 is 45.6 Å². The molecule has 0 aliphatic heterocycles. The van der Waals surface area contributed by atoms with E-state index in [0.717, 1.165) is 0 Å². The third-order valence-corrected chi connectivity index (χ3v) is 3.72. The van der Waals surface area contributed by atoms with E-state index in [-0.39, 0.29) is 25.7 Å². The lowest BCUT2D eigenvalue weighted by molar-refractivity contribution is -0.0279. The molecule has 0 heterocycles. The molecular formula is C18H34O9. The average molecular weight is 394 g/mol. The number of aliphatic hydroxyl groups is 8. The van der Waals surface area contributed by atoms with Gasteiger partial charge in [-0.1, -0.05) is 24.3 Å². The molecule has 27 heavy (non-hydrogen) atoms. The van der Waals surface area contributed by atoms with Crippen molar-refractivity contribution in [1.82, 2.24) is 0 Å². The van der Waals surface area contributed by atoms with Crippen LogP contribution in [0, 0.1) is 0 Å². The van der Waals surface area contributed by atoms with E-state index in [9.17, 15) is 20.4 Å². The van der Waals surface area contributed by atoms with Crippen molar-refractivity contribution in [3.8, 4) is 0 Å². The second kappa shape index (κ2) is 16.1. The topological polar surface area (TPSA) is 171 Å². The van der Waals surface area contributed by atoms with Gasteiger partial charge in [-0.05, 0) is 12.8 Å². The van der Waals surface area contributed by atoms with Gasteiger partial charge in [0.05, 0.1) is 63.1 Å². The fourth-order valence-electron chi connectivity index (χ4n) is 2.19. The molecule has 0 bridgehead atoms. The standard InChI is InChI=1S/C18H34O9/c19-9-13(23)3-1-5-17(7-15(25)11-21)27-18(8-16(26)12-22)6-2-4-14(24)10-20/h1-2,5-6,13-26H,3-4,7-12H2. The van der Waals surface area contributed by atoms with E-state index in [0.29, 0.717) is 0 Å². The Balaban J connectivity index is 5.05. The van der Waals surface area contributed by atoms with Gasteiger partial charge in [0, 0.05) is 12.8 Å². The highest BCUT2D eigenvalue weighted by Crippen LogP contribution is 2.15. The van der Waals surface area contributed by atoms with Crippen molar-refractivity contribution in [3.05, 3.63) is 24.3 Å². The van der Waals surface area contributed by atoms with Gasteiger partial charge in [-0.3, -0.25) is 0 Å². The fraction of sp³-hybridized carbons (Fsp3) is 0.778. The number of aliphatic hydroxyl groups excluding tert-OH is 8. The first kappa shape index (κ1) is 26.1. The molecule has 8 N–H and O–H groups in total. The third kappa shape index (κ3) is 13.9. The van der Waals surface area contributed by atoms with Crippen LogP contribution in [0.25, 0.3) is 0 Å². The van der Waals surface area contributed by atoms with Crippen LogP contribution >= 0.6 is 0 Å². The quantitative estimate of drug-likeness (QED) is 0.136. The summed E-state index contributed by atoms with van der Waals surface area (Å²) in [6, 6.07) is 0. The van der Waals surface area contributed by atoms with Crippen molar-refractivity contribution < 1.29 is 45.6 Å². The SMILES string of the molecule is OCC(O)CC=CC(CC(O)CO)OC(C=CCC(O)CO)CC(O)CO. The zero-order chi connectivity index (χ0) is 20.7. The van der Waals surface area contributed by atoms with Crippen molar-refractivity contribution in [3.63, 3.8) is 0 Å². The monoisotopic (exact) mass is 394 g/mol. The first-order valence-electron chi connectivity index (χ1n) is 9.00. The minimum Gasteiger partial charge on any atom is -0.394 e. The highest BCUT2D eigenvalue weighted by Gasteiger charge is 2.19. The Morgan fingerprint density at radius 1 is 0.556 bits per heavy atom. The van der Waals surface area contributed by atoms with Crippen LogP contribution in [0.15, 0.2) is 24.3 Å². The molecule has 6 unspecified atom stereocenters. The Hall–Kier alpha value is -0.880. The molecule has 9 heteroatoms. The van der Waals surface area contributed by atoms with E-state index in [2.05, 4.69) is 0 Å². The zero-order valence-electron chi connectivity index (χ0n) is 15.4. The lowest BCUT2D eigenvalue weighted by atomic mass is 10.1. The molecule has 0 rings (SSSR count). The summed E-state index contributed by atoms with van der Waals surface area (Å²) in [6.45, 7) is -1.71. The largest absolute Gasteiger partial charge is 0.394 e. The Kier molecular flexibility index (Phi) is 15.6. The first-order valence-corrected chi connectivity index (χ1v) is 9.00. The Bertz CT molecular complexity index is 366. The van der Waals surface area contributed by atoms with Crippen LogP contribution in [-0.2, 0) is 4.74 Å². The van der Waals surface area contributed by atoms with E-state index >= 15 is 0 Å². The molecule has 0 aromatic heterocycles. The maximum absolute atomic E-state index is 9.68. The number of hydrogen-bond acceptors (Lipinski definition) is 9. The summed E-state index contributed by atoms with van der Waals surface area (Å²) in [5.74, 6) is 0. The van der Waals surface area contributed by atoms with Gasteiger partial charge in [-0.2, -0.15) is 0 Å². The summed E-state index contributed by atoms with van der Waals surface area (Å²) >= 11 is 0. The molecule has 0 fully saturated rings. The lowest BCUT2D eigenvalue weighted by Crippen LogP contribution is -2.29. The minimum absolute atomic E-state index is 0.0566. The number of hydrogen-bond donors (Lipinski definition) is 8. The zero-order valence-corrected chi connectivity index (χ0v) is 15.4. The molecule has 0 saturated carbocycles. The number of rotatable bonds is 16. The van der Waals surface area contributed by atoms with Crippen LogP contribution in [-0.4, -0.2) is 104 Å². The van der Waals surface area contributed by atoms with E-state index in [4.69, 9.17) is 25.2 Å². The average Bonchev–Trinajstić information content (AvgIpc) is 2.66. The van der Waals surface area contributed by atoms with E-state index in [1.54, 1.807) is 24.3 Å². The van der Waals surface area contributed by atoms with Crippen molar-refractivity contribution in [2.75, 3.05) is 26.4 Å². The molecule has 0 saturated heterocycles. The second-order valence-corrected chi connectivity index (χ2v) is 6.36. The molecule has 0 radical (unpaired) electrons. The van der Waals surface area contributed by atoms with Crippen molar-refractivity contribution >= 4 is 0 Å². The van der Waals surface area contributed by atoms with E-state index < -0.39 is 63.1 Å². The number of ether oxygens (including phenoxy) is 1. The maximum atomic E-state index is 9.68. The summed E-state index contributed by atoms with van der Waals surface area (Å²) in [4.78, 5) is 0. The Labute approximate surface area is 159 Å². The molecule has 0 aliphatic carbocycles. The molecule has 0 aliphatic rings. The van der Waals surface area contributed by atoms with Crippen LogP contribution < -0.4 is 0 Å². The molecule has 0 spiro atoms. The van der Waals surface area contributed by atoms with Crippen LogP contribution in [0.4, 0.5) is 0 Å². The van der Waals surface area contributed by atoms with Crippen LogP contribution in [0.1, 0.15) is 25.7 Å². The van der Waals surface area contributed by atoms with Gasteiger partial charge in [0.15, 0.2) is 0 Å². The predicted octanol–water partition coefficient (Wildman–Crippen LogP) is -2.17. The molecule has 6 atom stereocenters. The van der Waals surface area contributed by atoms with Gasteiger partial charge in [-0.25, -0.2) is 0 Å². The molecule has 0 aromatic rings. The van der Waals surface area contributed by atoms with E-state index in [1.807, 2.05) is 0 Å². The van der Waals surface area contributed by atoms with Crippen LogP contribution in [0.5, 0.6) is 0 Å². The summed E-state index contributed by atoms with van der Waals surface area (Å²) < 4.78 is 5.82. The molecule has 9 nitrogen and oxygen atoms in total. The molecule has 0 amide bonds. The Morgan fingerprint density at radius 3 is 1.19 bits per heavy atom. The lowest BCUT2D eigenvalue weighted by Gasteiger charge is -2.24. The normalized spacial score (nSPS) is 19.3. The van der Waals surface area contributed by atoms with Crippen LogP contribution in [0.3, 0.4) is 0 Å². The van der Waals surface area contributed by atoms with Crippen LogP contribution in [0.2, 0.25) is 0 Å². The van der Waals surface area contributed by atoms with Gasteiger partial charge in [-0.15, -0.1) is 0 Å². The maximum Gasteiger partial charge on any atom is 0.0805 e. The third-order valence-electron chi connectivity index (χ3n) is 3.72. The smallest absolute Gasteiger partial charge is 0.0805 e. The summed E-state index contributed by atoms with van der Waals surface area (Å²) in [6.07, 6.45) is 1.53. The molecule has 160 valence electrons. The fourth-order valence-corrected chi connectivity index (χ4v) is 2.19. The second-order valence-electron chi connectivity index (χ2n) is 6.36. The van der Waals surface area contributed by atoms with Gasteiger partial charge in [0.2, 0.25) is 0 Å². The van der Waals surface area contributed by atoms with Gasteiger partial charge in [0.25, 0.3) is 0 Å². The summed E-state index contributed by atoms with van der Waals surface area (Å²) in [5.41, 5.74) is 0. The summed E-state index contributed by atoms with van der Waals surface area (Å²) in [5, 5.41) is 73.9. The molecular weight excluding hydrogens is 360 g/mol. The van der Waals surface area contributed by atoms with Crippen molar-refractivity contribution in [2.24, 2.45) is 0 Å².